The van der Waals surface area contributed by atoms with Crippen LogP contribution in [0.5, 0.6) is 0 Å². The van der Waals surface area contributed by atoms with Crippen molar-refractivity contribution in [3.8, 4) is 0 Å². The first kappa shape index (κ1) is 11.0. The third-order valence-corrected chi connectivity index (χ3v) is 2.65. The number of carbonyl (C=O) groups excluding carboxylic acids is 1. The number of rotatable bonds is 2. The van der Waals surface area contributed by atoms with Gasteiger partial charge in [0.25, 0.3) is 0 Å². The SMILES string of the molecule is O=C(c1cc(F)ccc1F)c1ccoc1Br. The average molecular weight is 287 g/mol. The van der Waals surface area contributed by atoms with Crippen LogP contribution in [0, 0.1) is 11.6 Å². The molecule has 0 saturated heterocycles. The molecule has 2 rings (SSSR count). The second-order valence-corrected chi connectivity index (χ2v) is 3.78. The number of halogens is 3. The second-order valence-electron chi connectivity index (χ2n) is 3.06. The topological polar surface area (TPSA) is 30.2 Å². The van der Waals surface area contributed by atoms with Gasteiger partial charge in [-0.15, -0.1) is 0 Å². The van der Waals surface area contributed by atoms with Crippen molar-refractivity contribution >= 4 is 21.7 Å². The third-order valence-electron chi connectivity index (χ3n) is 2.04. The van der Waals surface area contributed by atoms with Gasteiger partial charge in [0.1, 0.15) is 11.6 Å². The molecule has 1 aromatic heterocycles. The summed E-state index contributed by atoms with van der Waals surface area (Å²) in [6, 6.07) is 4.11. The maximum atomic E-state index is 13.3. The Bertz CT molecular complexity index is 549. The molecular weight excluding hydrogens is 282 g/mol. The standard InChI is InChI=1S/C11H5BrF2O2/c12-11-7(3-4-16-11)10(15)8-5-6(13)1-2-9(8)14/h1-5H. The third kappa shape index (κ3) is 1.90. The number of carbonyl (C=O) groups is 1. The van der Waals surface area contributed by atoms with E-state index in [0.717, 1.165) is 18.2 Å². The highest BCUT2D eigenvalue weighted by Crippen LogP contribution is 2.22. The summed E-state index contributed by atoms with van der Waals surface area (Å²) in [7, 11) is 0. The van der Waals surface area contributed by atoms with Crippen LogP contribution in [-0.4, -0.2) is 5.78 Å². The van der Waals surface area contributed by atoms with Crippen LogP contribution in [0.1, 0.15) is 15.9 Å². The van der Waals surface area contributed by atoms with Crippen molar-refractivity contribution in [1.82, 2.24) is 0 Å². The van der Waals surface area contributed by atoms with E-state index in [1.165, 1.54) is 12.3 Å². The minimum absolute atomic E-state index is 0.157. The van der Waals surface area contributed by atoms with Crippen molar-refractivity contribution in [2.75, 3.05) is 0 Å². The van der Waals surface area contributed by atoms with Gasteiger partial charge in [0, 0.05) is 0 Å². The molecular formula is C11H5BrF2O2. The molecule has 0 atom stereocenters. The lowest BCUT2D eigenvalue weighted by molar-refractivity contribution is 0.103. The van der Waals surface area contributed by atoms with Crippen molar-refractivity contribution < 1.29 is 18.0 Å². The van der Waals surface area contributed by atoms with Gasteiger partial charge in [-0.25, -0.2) is 8.78 Å². The molecule has 16 heavy (non-hydrogen) atoms. The Labute approximate surface area is 98.0 Å². The molecule has 2 nitrogen and oxygen atoms in total. The molecule has 0 spiro atoms. The maximum absolute atomic E-state index is 13.3. The monoisotopic (exact) mass is 286 g/mol. The van der Waals surface area contributed by atoms with Gasteiger partial charge < -0.3 is 4.42 Å². The fraction of sp³-hybridized carbons (Fsp3) is 0. The fourth-order valence-electron chi connectivity index (χ4n) is 1.27. The van der Waals surface area contributed by atoms with Crippen LogP contribution in [0.25, 0.3) is 0 Å². The maximum Gasteiger partial charge on any atom is 0.200 e. The van der Waals surface area contributed by atoms with Crippen LogP contribution in [-0.2, 0) is 0 Å². The van der Waals surface area contributed by atoms with Crippen LogP contribution >= 0.6 is 15.9 Å². The largest absolute Gasteiger partial charge is 0.457 e. The highest BCUT2D eigenvalue weighted by Gasteiger charge is 2.18. The lowest BCUT2D eigenvalue weighted by Gasteiger charge is -2.00. The zero-order valence-corrected chi connectivity index (χ0v) is 9.42. The molecule has 0 bridgehead atoms. The number of furan rings is 1. The molecule has 1 aromatic carbocycles. The van der Waals surface area contributed by atoms with E-state index in [2.05, 4.69) is 15.9 Å². The summed E-state index contributed by atoms with van der Waals surface area (Å²) < 4.78 is 31.3. The van der Waals surface area contributed by atoms with E-state index in [4.69, 9.17) is 4.42 Å². The lowest BCUT2D eigenvalue weighted by atomic mass is 10.1. The Balaban J connectivity index is 2.49. The van der Waals surface area contributed by atoms with Gasteiger partial charge in [0.15, 0.2) is 4.67 Å². The normalized spacial score (nSPS) is 10.4. The molecule has 5 heteroatoms. The minimum atomic E-state index is -0.764. The van der Waals surface area contributed by atoms with Crippen molar-refractivity contribution in [2.24, 2.45) is 0 Å². The zero-order chi connectivity index (χ0) is 11.7. The predicted molar refractivity (Wildman–Crippen MR) is 56.2 cm³/mol. The Morgan fingerprint density at radius 2 is 1.94 bits per heavy atom. The molecule has 0 aliphatic rings. The number of benzene rings is 1. The summed E-state index contributed by atoms with van der Waals surface area (Å²) in [5, 5.41) is 0. The van der Waals surface area contributed by atoms with E-state index in [-0.39, 0.29) is 15.8 Å². The van der Waals surface area contributed by atoms with Crippen LogP contribution in [0.3, 0.4) is 0 Å². The summed E-state index contributed by atoms with van der Waals surface area (Å²) in [6.45, 7) is 0. The van der Waals surface area contributed by atoms with Gasteiger partial charge in [-0.3, -0.25) is 4.79 Å². The van der Waals surface area contributed by atoms with E-state index in [9.17, 15) is 13.6 Å². The van der Waals surface area contributed by atoms with Crippen molar-refractivity contribution in [3.63, 3.8) is 0 Å². The van der Waals surface area contributed by atoms with Crippen LogP contribution < -0.4 is 0 Å². The van der Waals surface area contributed by atoms with E-state index in [0.29, 0.717) is 0 Å². The van der Waals surface area contributed by atoms with Crippen molar-refractivity contribution in [2.45, 2.75) is 0 Å². The molecule has 0 N–H and O–H groups in total. The van der Waals surface area contributed by atoms with Crippen LogP contribution in [0.15, 0.2) is 39.6 Å². The molecule has 2 aromatic rings. The molecule has 0 fully saturated rings. The van der Waals surface area contributed by atoms with Crippen molar-refractivity contribution in [3.05, 3.63) is 58.0 Å². The first-order valence-electron chi connectivity index (χ1n) is 4.32. The summed E-state index contributed by atoms with van der Waals surface area (Å²) in [6.07, 6.45) is 1.29. The Kier molecular flexibility index (Phi) is 2.87. The smallest absolute Gasteiger partial charge is 0.200 e. The Hall–Kier alpha value is -1.49. The number of ketones is 1. The quantitative estimate of drug-likeness (QED) is 0.791. The summed E-state index contributed by atoms with van der Waals surface area (Å²) in [5.41, 5.74) is -0.161. The van der Waals surface area contributed by atoms with Crippen LogP contribution in [0.2, 0.25) is 0 Å². The first-order valence-corrected chi connectivity index (χ1v) is 5.11. The van der Waals surface area contributed by atoms with Gasteiger partial charge in [-0.2, -0.15) is 0 Å². The predicted octanol–water partition coefficient (Wildman–Crippen LogP) is 3.55. The summed E-state index contributed by atoms with van der Waals surface area (Å²) >= 11 is 3.00. The van der Waals surface area contributed by atoms with Gasteiger partial charge in [-0.1, -0.05) is 0 Å². The molecule has 0 radical (unpaired) electrons. The van der Waals surface area contributed by atoms with Gasteiger partial charge in [0.05, 0.1) is 17.4 Å². The van der Waals surface area contributed by atoms with E-state index < -0.39 is 17.4 Å². The molecule has 1 heterocycles. The van der Waals surface area contributed by atoms with Crippen LogP contribution in [0.4, 0.5) is 8.78 Å². The average Bonchev–Trinajstić information content (AvgIpc) is 2.67. The summed E-state index contributed by atoms with van der Waals surface area (Å²) in [4.78, 5) is 11.8. The molecule has 0 aliphatic carbocycles. The molecule has 0 unspecified atom stereocenters. The Morgan fingerprint density at radius 3 is 2.56 bits per heavy atom. The van der Waals surface area contributed by atoms with E-state index in [1.54, 1.807) is 0 Å². The fourth-order valence-corrected chi connectivity index (χ4v) is 1.69. The number of hydrogen-bond acceptors (Lipinski definition) is 2. The highest BCUT2D eigenvalue weighted by molar-refractivity contribution is 9.10. The molecule has 82 valence electrons. The molecule has 0 amide bonds. The van der Waals surface area contributed by atoms with E-state index >= 15 is 0 Å². The zero-order valence-electron chi connectivity index (χ0n) is 7.84. The van der Waals surface area contributed by atoms with Crippen molar-refractivity contribution in [1.29, 1.82) is 0 Å². The molecule has 0 aliphatic heterocycles. The second kappa shape index (κ2) is 4.17. The molecule has 0 saturated carbocycles. The highest BCUT2D eigenvalue weighted by atomic mass is 79.9. The minimum Gasteiger partial charge on any atom is -0.457 e. The Morgan fingerprint density at radius 1 is 1.19 bits per heavy atom. The van der Waals surface area contributed by atoms with Gasteiger partial charge in [-0.05, 0) is 40.2 Å². The van der Waals surface area contributed by atoms with Gasteiger partial charge in [0.2, 0.25) is 5.78 Å². The van der Waals surface area contributed by atoms with E-state index in [1.807, 2.05) is 0 Å². The number of hydrogen-bond donors (Lipinski definition) is 0. The van der Waals surface area contributed by atoms with Gasteiger partial charge >= 0.3 is 0 Å². The first-order chi connectivity index (χ1) is 7.59. The lowest BCUT2D eigenvalue weighted by Crippen LogP contribution is -2.04. The summed E-state index contributed by atoms with van der Waals surface area (Å²) in [5.74, 6) is -2.05.